The van der Waals surface area contributed by atoms with Gasteiger partial charge < -0.3 is 4.90 Å². The van der Waals surface area contributed by atoms with Crippen LogP contribution in [0.2, 0.25) is 5.02 Å². The molecule has 0 aliphatic heterocycles. The predicted molar refractivity (Wildman–Crippen MR) is 87.0 cm³/mol. The molecule has 0 saturated heterocycles. The van der Waals surface area contributed by atoms with Crippen molar-refractivity contribution in [2.24, 2.45) is 5.14 Å². The van der Waals surface area contributed by atoms with E-state index in [1.54, 1.807) is 4.90 Å². The molecule has 1 rings (SSSR count). The number of nitrogens with zero attached hydrogens (tertiary/aromatic N) is 1. The molecule has 1 aromatic carbocycles. The average molecular weight is 398 g/mol. The summed E-state index contributed by atoms with van der Waals surface area (Å²) in [5.41, 5.74) is 0.203. The Morgan fingerprint density at radius 3 is 2.43 bits per heavy atom. The van der Waals surface area contributed by atoms with Gasteiger partial charge in [0.1, 0.15) is 0 Å². The lowest BCUT2D eigenvalue weighted by molar-refractivity contribution is 0.0699. The number of nitrogens with two attached hydrogens (primary N) is 1. The maximum Gasteiger partial charge on any atom is 0.254 e. The number of rotatable bonds is 5. The third-order valence-electron chi connectivity index (χ3n) is 3.27. The normalized spacial score (nSPS) is 13.0. The van der Waals surface area contributed by atoms with E-state index in [2.05, 4.69) is 15.9 Å². The van der Waals surface area contributed by atoms with E-state index in [0.29, 0.717) is 6.54 Å². The predicted octanol–water partition coefficient (Wildman–Crippen LogP) is 3.01. The van der Waals surface area contributed by atoms with Gasteiger partial charge in [-0.25, -0.2) is 13.6 Å². The molecule has 1 amide bonds. The largest absolute Gasteiger partial charge is 0.336 e. The second-order valence-corrected chi connectivity index (χ2v) is 7.39. The summed E-state index contributed by atoms with van der Waals surface area (Å²) in [4.78, 5) is 14.0. The van der Waals surface area contributed by atoms with Gasteiger partial charge in [0.15, 0.2) is 0 Å². The number of hydrogen-bond donors (Lipinski definition) is 1. The lowest BCUT2D eigenvalue weighted by Gasteiger charge is -2.27. The summed E-state index contributed by atoms with van der Waals surface area (Å²) in [7, 11) is -3.97. The standard InChI is InChI=1S/C13H18BrClN2O3S/c1-4-8(3)17(5-2)13(18)9-6-10(15)12(14)11(7-9)21(16,19)20/h6-8H,4-5H2,1-3H3,(H2,16,19,20). The number of carbonyl (C=O) groups excluding carboxylic acids is 1. The first-order valence-electron chi connectivity index (χ1n) is 6.46. The van der Waals surface area contributed by atoms with Crippen molar-refractivity contribution in [3.63, 3.8) is 0 Å². The van der Waals surface area contributed by atoms with Crippen LogP contribution in [0.15, 0.2) is 21.5 Å². The van der Waals surface area contributed by atoms with E-state index in [1.165, 1.54) is 12.1 Å². The highest BCUT2D eigenvalue weighted by Gasteiger charge is 2.23. The van der Waals surface area contributed by atoms with Crippen molar-refractivity contribution in [3.05, 3.63) is 27.2 Å². The second kappa shape index (κ2) is 7.09. The number of sulfonamides is 1. The smallest absolute Gasteiger partial charge is 0.254 e. The minimum absolute atomic E-state index is 0.0443. The molecule has 1 atom stereocenters. The first-order valence-corrected chi connectivity index (χ1v) is 9.18. The molecule has 0 aliphatic carbocycles. The van der Waals surface area contributed by atoms with E-state index in [9.17, 15) is 13.2 Å². The van der Waals surface area contributed by atoms with Crippen molar-refractivity contribution >= 4 is 43.5 Å². The number of halogens is 2. The molecule has 0 aliphatic rings. The third kappa shape index (κ3) is 4.18. The maximum atomic E-state index is 12.5. The number of carbonyl (C=O) groups is 1. The summed E-state index contributed by atoms with van der Waals surface area (Å²) >= 11 is 9.07. The van der Waals surface area contributed by atoms with Crippen LogP contribution in [0.25, 0.3) is 0 Å². The zero-order valence-electron chi connectivity index (χ0n) is 12.1. The van der Waals surface area contributed by atoms with E-state index in [0.717, 1.165) is 6.42 Å². The molecule has 0 heterocycles. The number of amides is 1. The summed E-state index contributed by atoms with van der Waals surface area (Å²) in [6, 6.07) is 2.73. The Labute approximate surface area is 138 Å². The van der Waals surface area contributed by atoms with Crippen LogP contribution in [0.4, 0.5) is 0 Å². The van der Waals surface area contributed by atoms with Crippen LogP contribution in [0.1, 0.15) is 37.6 Å². The van der Waals surface area contributed by atoms with Gasteiger partial charge in [0.2, 0.25) is 10.0 Å². The van der Waals surface area contributed by atoms with Gasteiger partial charge in [0, 0.05) is 18.2 Å². The second-order valence-electron chi connectivity index (χ2n) is 4.66. The highest BCUT2D eigenvalue weighted by molar-refractivity contribution is 9.10. The van der Waals surface area contributed by atoms with Crippen LogP contribution in [0, 0.1) is 0 Å². The lowest BCUT2D eigenvalue weighted by Crippen LogP contribution is -2.38. The molecule has 118 valence electrons. The van der Waals surface area contributed by atoms with Gasteiger partial charge >= 0.3 is 0 Å². The fourth-order valence-corrected chi connectivity index (χ4v) is 3.77. The monoisotopic (exact) mass is 396 g/mol. The molecule has 2 N–H and O–H groups in total. The minimum Gasteiger partial charge on any atom is -0.336 e. The van der Waals surface area contributed by atoms with Gasteiger partial charge in [-0.2, -0.15) is 0 Å². The Kier molecular flexibility index (Phi) is 6.22. The van der Waals surface area contributed by atoms with Crippen LogP contribution < -0.4 is 5.14 Å². The molecular weight excluding hydrogens is 380 g/mol. The number of benzene rings is 1. The molecule has 0 saturated carbocycles. The van der Waals surface area contributed by atoms with Crippen LogP contribution in [-0.4, -0.2) is 31.8 Å². The summed E-state index contributed by atoms with van der Waals surface area (Å²) < 4.78 is 23.3. The molecule has 8 heteroatoms. The third-order valence-corrected chi connectivity index (χ3v) is 5.85. The fourth-order valence-electron chi connectivity index (χ4n) is 1.94. The molecule has 1 aromatic rings. The quantitative estimate of drug-likeness (QED) is 0.829. The first kappa shape index (κ1) is 18.4. The van der Waals surface area contributed by atoms with Gasteiger partial charge in [0.25, 0.3) is 5.91 Å². The van der Waals surface area contributed by atoms with Crippen LogP contribution in [-0.2, 0) is 10.0 Å². The Bertz CT molecular complexity index is 649. The van der Waals surface area contributed by atoms with E-state index in [4.69, 9.17) is 16.7 Å². The lowest BCUT2D eigenvalue weighted by atomic mass is 10.1. The average Bonchev–Trinajstić information content (AvgIpc) is 2.40. The topological polar surface area (TPSA) is 80.5 Å². The Morgan fingerprint density at radius 2 is 2.00 bits per heavy atom. The van der Waals surface area contributed by atoms with Gasteiger partial charge in [-0.1, -0.05) is 18.5 Å². The first-order chi connectivity index (χ1) is 9.63. The summed E-state index contributed by atoms with van der Waals surface area (Å²) in [5.74, 6) is -0.272. The molecule has 1 unspecified atom stereocenters. The minimum atomic E-state index is -3.97. The molecule has 0 spiro atoms. The SMILES string of the molecule is CCC(C)N(CC)C(=O)c1cc(Cl)c(Br)c(S(N)(=O)=O)c1. The van der Waals surface area contributed by atoms with E-state index >= 15 is 0 Å². The van der Waals surface area contributed by atoms with Crippen molar-refractivity contribution in [1.82, 2.24) is 4.90 Å². The van der Waals surface area contributed by atoms with Gasteiger partial charge in [0.05, 0.1) is 14.4 Å². The van der Waals surface area contributed by atoms with Gasteiger partial charge in [-0.3, -0.25) is 4.79 Å². The fraction of sp³-hybridized carbons (Fsp3) is 0.462. The Hall–Kier alpha value is -0.630. The van der Waals surface area contributed by atoms with Crippen molar-refractivity contribution < 1.29 is 13.2 Å². The van der Waals surface area contributed by atoms with Crippen LogP contribution in [0.3, 0.4) is 0 Å². The Balaban J connectivity index is 3.38. The summed E-state index contributed by atoms with van der Waals surface area (Å²) in [5, 5.41) is 5.28. The molecule has 0 aromatic heterocycles. The molecule has 5 nitrogen and oxygen atoms in total. The zero-order valence-corrected chi connectivity index (χ0v) is 15.2. The molecule has 0 radical (unpaired) electrons. The van der Waals surface area contributed by atoms with Gasteiger partial charge in [-0.05, 0) is 48.3 Å². The van der Waals surface area contributed by atoms with Crippen molar-refractivity contribution in [1.29, 1.82) is 0 Å². The van der Waals surface area contributed by atoms with E-state index < -0.39 is 10.0 Å². The van der Waals surface area contributed by atoms with Crippen LogP contribution in [0.5, 0.6) is 0 Å². The van der Waals surface area contributed by atoms with Gasteiger partial charge in [-0.15, -0.1) is 0 Å². The summed E-state index contributed by atoms with van der Waals surface area (Å²) in [6.45, 7) is 6.30. The van der Waals surface area contributed by atoms with E-state index in [-0.39, 0.29) is 31.9 Å². The zero-order chi connectivity index (χ0) is 16.4. The number of hydrogen-bond acceptors (Lipinski definition) is 3. The van der Waals surface area contributed by atoms with Crippen molar-refractivity contribution in [2.45, 2.75) is 38.1 Å². The van der Waals surface area contributed by atoms with E-state index in [1.807, 2.05) is 20.8 Å². The highest BCUT2D eigenvalue weighted by atomic mass is 79.9. The maximum absolute atomic E-state index is 12.5. The molecule has 21 heavy (non-hydrogen) atoms. The molecular formula is C13H18BrClN2O3S. The van der Waals surface area contributed by atoms with Crippen LogP contribution >= 0.6 is 27.5 Å². The Morgan fingerprint density at radius 1 is 1.43 bits per heavy atom. The number of primary sulfonamides is 1. The highest BCUT2D eigenvalue weighted by Crippen LogP contribution is 2.31. The van der Waals surface area contributed by atoms with Crippen molar-refractivity contribution in [2.75, 3.05) is 6.54 Å². The molecule has 0 fully saturated rings. The summed E-state index contributed by atoms with van der Waals surface area (Å²) in [6.07, 6.45) is 0.798. The molecule has 0 bridgehead atoms. The van der Waals surface area contributed by atoms with Crippen molar-refractivity contribution in [3.8, 4) is 0 Å².